The van der Waals surface area contributed by atoms with Gasteiger partial charge >= 0.3 is 0 Å². The van der Waals surface area contributed by atoms with Gasteiger partial charge in [-0.3, -0.25) is 9.59 Å². The van der Waals surface area contributed by atoms with Gasteiger partial charge in [0.2, 0.25) is 5.91 Å². The third kappa shape index (κ3) is 4.32. The standard InChI is InChI=1S/C11H15BrN2O3/c1-8(12)11(16)13-9-3-4-10(15)14(7-9)5-6-17-2/h3-4,7-8H,5-6H2,1-2H3,(H,13,16). The van der Waals surface area contributed by atoms with Crippen LogP contribution < -0.4 is 10.9 Å². The third-order valence-corrected chi connectivity index (χ3v) is 2.56. The molecule has 1 aromatic heterocycles. The first kappa shape index (κ1) is 13.9. The zero-order chi connectivity index (χ0) is 12.8. The number of nitrogens with one attached hydrogen (secondary N) is 1. The van der Waals surface area contributed by atoms with Crippen LogP contribution in [0.2, 0.25) is 0 Å². The number of nitrogens with zero attached hydrogens (tertiary/aromatic N) is 1. The monoisotopic (exact) mass is 302 g/mol. The highest BCUT2D eigenvalue weighted by Crippen LogP contribution is 2.07. The SMILES string of the molecule is COCCn1cc(NC(=O)C(C)Br)ccc1=O. The van der Waals surface area contributed by atoms with Gasteiger partial charge in [-0.25, -0.2) is 0 Å². The summed E-state index contributed by atoms with van der Waals surface area (Å²) in [6.45, 7) is 2.64. The van der Waals surface area contributed by atoms with Crippen molar-refractivity contribution in [2.45, 2.75) is 18.3 Å². The van der Waals surface area contributed by atoms with E-state index >= 15 is 0 Å². The Morgan fingerprint density at radius 1 is 1.59 bits per heavy atom. The van der Waals surface area contributed by atoms with E-state index in [1.54, 1.807) is 26.3 Å². The number of hydrogen-bond donors (Lipinski definition) is 1. The number of ether oxygens (including phenoxy) is 1. The average molecular weight is 303 g/mol. The van der Waals surface area contributed by atoms with Gasteiger partial charge in [0.15, 0.2) is 0 Å². The molecular weight excluding hydrogens is 288 g/mol. The third-order valence-electron chi connectivity index (χ3n) is 2.15. The highest BCUT2D eigenvalue weighted by molar-refractivity contribution is 9.10. The Kier molecular flexibility index (Phi) is 5.37. The molecule has 0 saturated heterocycles. The number of carbonyl (C=O) groups is 1. The van der Waals surface area contributed by atoms with Crippen molar-refractivity contribution in [3.8, 4) is 0 Å². The zero-order valence-electron chi connectivity index (χ0n) is 9.77. The zero-order valence-corrected chi connectivity index (χ0v) is 11.4. The molecule has 94 valence electrons. The average Bonchev–Trinajstić information content (AvgIpc) is 2.29. The second kappa shape index (κ2) is 6.56. The molecule has 1 unspecified atom stereocenters. The van der Waals surface area contributed by atoms with Crippen LogP contribution in [0.4, 0.5) is 5.69 Å². The highest BCUT2D eigenvalue weighted by atomic mass is 79.9. The van der Waals surface area contributed by atoms with Crippen molar-refractivity contribution in [3.63, 3.8) is 0 Å². The van der Waals surface area contributed by atoms with E-state index < -0.39 is 0 Å². The van der Waals surface area contributed by atoms with Crippen molar-refractivity contribution in [2.24, 2.45) is 0 Å². The van der Waals surface area contributed by atoms with Crippen molar-refractivity contribution < 1.29 is 9.53 Å². The first-order chi connectivity index (χ1) is 8.04. The van der Waals surface area contributed by atoms with E-state index in [0.717, 1.165) is 0 Å². The molecule has 0 bridgehead atoms. The van der Waals surface area contributed by atoms with Crippen LogP contribution >= 0.6 is 15.9 Å². The normalized spacial score (nSPS) is 12.2. The Balaban J connectivity index is 2.81. The maximum Gasteiger partial charge on any atom is 0.250 e. The molecule has 0 fully saturated rings. The molecule has 1 atom stereocenters. The van der Waals surface area contributed by atoms with Gasteiger partial charge in [-0.05, 0) is 13.0 Å². The molecule has 0 aliphatic heterocycles. The molecule has 0 aliphatic rings. The molecule has 0 aliphatic carbocycles. The largest absolute Gasteiger partial charge is 0.383 e. The number of carbonyl (C=O) groups excluding carboxylic acids is 1. The van der Waals surface area contributed by atoms with Gasteiger partial charge in [-0.15, -0.1) is 0 Å². The molecule has 1 aromatic rings. The van der Waals surface area contributed by atoms with Crippen LogP contribution in [-0.4, -0.2) is 29.0 Å². The Labute approximate surface area is 108 Å². The molecule has 0 radical (unpaired) electrons. The summed E-state index contributed by atoms with van der Waals surface area (Å²) in [6.07, 6.45) is 1.61. The Bertz CT molecular complexity index is 443. The fourth-order valence-corrected chi connectivity index (χ4v) is 1.33. The number of pyridine rings is 1. The fraction of sp³-hybridized carbons (Fsp3) is 0.455. The quantitative estimate of drug-likeness (QED) is 0.832. The predicted octanol–water partition coefficient (Wildman–Crippen LogP) is 1.22. The van der Waals surface area contributed by atoms with E-state index in [4.69, 9.17) is 4.74 Å². The lowest BCUT2D eigenvalue weighted by atomic mass is 10.3. The molecule has 0 saturated carbocycles. The Hall–Kier alpha value is -1.14. The summed E-state index contributed by atoms with van der Waals surface area (Å²) < 4.78 is 6.40. The van der Waals surface area contributed by atoms with Crippen LogP contribution in [0.25, 0.3) is 0 Å². The lowest BCUT2D eigenvalue weighted by molar-refractivity contribution is -0.115. The van der Waals surface area contributed by atoms with Crippen molar-refractivity contribution in [2.75, 3.05) is 19.0 Å². The smallest absolute Gasteiger partial charge is 0.250 e. The van der Waals surface area contributed by atoms with E-state index in [-0.39, 0.29) is 16.3 Å². The number of anilines is 1. The molecular formula is C11H15BrN2O3. The van der Waals surface area contributed by atoms with Crippen molar-refractivity contribution in [3.05, 3.63) is 28.7 Å². The summed E-state index contributed by atoms with van der Waals surface area (Å²) in [4.78, 5) is 22.7. The second-order valence-electron chi connectivity index (χ2n) is 3.55. The molecule has 0 aromatic carbocycles. The molecule has 1 amide bonds. The van der Waals surface area contributed by atoms with Crippen molar-refractivity contribution >= 4 is 27.5 Å². The van der Waals surface area contributed by atoms with Gasteiger partial charge in [0.25, 0.3) is 5.56 Å². The van der Waals surface area contributed by atoms with Crippen LogP contribution in [0, 0.1) is 0 Å². The minimum Gasteiger partial charge on any atom is -0.383 e. The number of aromatic nitrogens is 1. The lowest BCUT2D eigenvalue weighted by Gasteiger charge is -2.09. The topological polar surface area (TPSA) is 60.3 Å². The van der Waals surface area contributed by atoms with Gasteiger partial charge in [-0.2, -0.15) is 0 Å². The van der Waals surface area contributed by atoms with Crippen molar-refractivity contribution in [1.29, 1.82) is 0 Å². The summed E-state index contributed by atoms with van der Waals surface area (Å²) in [6, 6.07) is 3.00. The van der Waals surface area contributed by atoms with E-state index in [0.29, 0.717) is 18.8 Å². The van der Waals surface area contributed by atoms with Crippen LogP contribution in [0.1, 0.15) is 6.92 Å². The first-order valence-electron chi connectivity index (χ1n) is 5.19. The summed E-state index contributed by atoms with van der Waals surface area (Å²) in [5.74, 6) is -0.151. The number of halogens is 1. The van der Waals surface area contributed by atoms with Crippen LogP contribution in [-0.2, 0) is 16.1 Å². The predicted molar refractivity (Wildman–Crippen MR) is 69.6 cm³/mol. The number of rotatable bonds is 5. The lowest BCUT2D eigenvalue weighted by Crippen LogP contribution is -2.24. The van der Waals surface area contributed by atoms with Gasteiger partial charge in [0, 0.05) is 25.9 Å². The first-order valence-corrected chi connectivity index (χ1v) is 6.10. The number of hydrogen-bond acceptors (Lipinski definition) is 3. The van der Waals surface area contributed by atoms with E-state index in [1.807, 2.05) is 0 Å². The van der Waals surface area contributed by atoms with Crippen molar-refractivity contribution in [1.82, 2.24) is 4.57 Å². The van der Waals surface area contributed by atoms with Crippen LogP contribution in [0.5, 0.6) is 0 Å². The molecule has 17 heavy (non-hydrogen) atoms. The highest BCUT2D eigenvalue weighted by Gasteiger charge is 2.09. The van der Waals surface area contributed by atoms with Gasteiger partial charge in [0.05, 0.1) is 17.1 Å². The minimum atomic E-state index is -0.276. The maximum atomic E-state index is 11.5. The molecule has 5 nitrogen and oxygen atoms in total. The molecule has 1 rings (SSSR count). The van der Waals surface area contributed by atoms with Crippen LogP contribution in [0.15, 0.2) is 23.1 Å². The summed E-state index contributed by atoms with van der Waals surface area (Å²) in [5, 5.41) is 2.70. The number of methoxy groups -OCH3 is 1. The summed E-state index contributed by atoms with van der Waals surface area (Å²) in [7, 11) is 1.57. The molecule has 1 heterocycles. The van der Waals surface area contributed by atoms with Gasteiger partial charge in [-0.1, -0.05) is 15.9 Å². The van der Waals surface area contributed by atoms with Gasteiger partial charge < -0.3 is 14.6 Å². The second-order valence-corrected chi connectivity index (χ2v) is 4.92. The van der Waals surface area contributed by atoms with Gasteiger partial charge in [0.1, 0.15) is 0 Å². The summed E-state index contributed by atoms with van der Waals surface area (Å²) >= 11 is 3.17. The molecule has 6 heteroatoms. The number of alkyl halides is 1. The minimum absolute atomic E-state index is 0.119. The van der Waals surface area contributed by atoms with E-state index in [2.05, 4.69) is 21.2 Å². The number of amides is 1. The van der Waals surface area contributed by atoms with E-state index in [9.17, 15) is 9.59 Å². The molecule has 1 N–H and O–H groups in total. The Morgan fingerprint density at radius 3 is 2.88 bits per heavy atom. The van der Waals surface area contributed by atoms with Crippen LogP contribution in [0.3, 0.4) is 0 Å². The Morgan fingerprint density at radius 2 is 2.29 bits per heavy atom. The fourth-order valence-electron chi connectivity index (χ4n) is 1.21. The summed E-state index contributed by atoms with van der Waals surface area (Å²) in [5.41, 5.74) is 0.476. The maximum absolute atomic E-state index is 11.5. The van der Waals surface area contributed by atoms with E-state index in [1.165, 1.54) is 10.6 Å². The molecule has 0 spiro atoms.